The van der Waals surface area contributed by atoms with Crippen molar-refractivity contribution >= 4 is 5.69 Å². The lowest BCUT2D eigenvalue weighted by Crippen LogP contribution is -2.10. The number of hydrogen-bond donors (Lipinski definition) is 1. The molecule has 0 aliphatic carbocycles. The fourth-order valence-electron chi connectivity index (χ4n) is 1.77. The van der Waals surface area contributed by atoms with Crippen LogP contribution in [0, 0.1) is 6.92 Å². The van der Waals surface area contributed by atoms with Crippen molar-refractivity contribution in [3.05, 3.63) is 36.2 Å². The largest absolute Gasteiger partial charge is 0.374 e. The van der Waals surface area contributed by atoms with Crippen LogP contribution >= 0.6 is 0 Å². The zero-order valence-electron chi connectivity index (χ0n) is 10.4. The van der Waals surface area contributed by atoms with Crippen molar-refractivity contribution in [3.8, 4) is 0 Å². The molecular formula is C12H17N5. The van der Waals surface area contributed by atoms with Crippen LogP contribution in [-0.2, 0) is 6.54 Å². The third-order valence-electron chi connectivity index (χ3n) is 2.67. The maximum atomic E-state index is 4.35. The Balaban J connectivity index is 2.11. The average molecular weight is 231 g/mol. The van der Waals surface area contributed by atoms with E-state index in [9.17, 15) is 0 Å². The molecule has 0 aliphatic heterocycles. The van der Waals surface area contributed by atoms with Gasteiger partial charge in [-0.2, -0.15) is 5.10 Å². The molecule has 5 heteroatoms. The van der Waals surface area contributed by atoms with Gasteiger partial charge in [0.2, 0.25) is 0 Å². The molecule has 0 aromatic carbocycles. The summed E-state index contributed by atoms with van der Waals surface area (Å²) < 4.78 is 1.89. The minimum absolute atomic E-state index is 0.123. The molecule has 17 heavy (non-hydrogen) atoms. The van der Waals surface area contributed by atoms with Crippen molar-refractivity contribution in [1.82, 2.24) is 19.7 Å². The van der Waals surface area contributed by atoms with E-state index >= 15 is 0 Å². The molecule has 1 atom stereocenters. The molecule has 2 heterocycles. The van der Waals surface area contributed by atoms with Gasteiger partial charge in [0.05, 0.1) is 29.3 Å². The molecule has 5 nitrogen and oxygen atoms in total. The van der Waals surface area contributed by atoms with E-state index in [4.69, 9.17) is 0 Å². The third kappa shape index (κ3) is 2.61. The summed E-state index contributed by atoms with van der Waals surface area (Å²) in [6, 6.07) is 0.123. The van der Waals surface area contributed by atoms with Crippen LogP contribution in [0.5, 0.6) is 0 Å². The maximum absolute atomic E-state index is 4.35. The van der Waals surface area contributed by atoms with E-state index in [2.05, 4.69) is 34.2 Å². The van der Waals surface area contributed by atoms with Gasteiger partial charge in [-0.1, -0.05) is 0 Å². The van der Waals surface area contributed by atoms with Gasteiger partial charge < -0.3 is 5.32 Å². The van der Waals surface area contributed by atoms with E-state index < -0.39 is 0 Å². The topological polar surface area (TPSA) is 55.6 Å². The monoisotopic (exact) mass is 231 g/mol. The molecular weight excluding hydrogens is 214 g/mol. The van der Waals surface area contributed by atoms with E-state index in [1.165, 1.54) is 0 Å². The van der Waals surface area contributed by atoms with Crippen molar-refractivity contribution in [2.24, 2.45) is 0 Å². The van der Waals surface area contributed by atoms with Gasteiger partial charge in [-0.3, -0.25) is 14.6 Å². The first kappa shape index (κ1) is 11.6. The van der Waals surface area contributed by atoms with E-state index in [0.717, 1.165) is 23.6 Å². The molecule has 0 saturated heterocycles. The highest BCUT2D eigenvalue weighted by Crippen LogP contribution is 2.18. The number of anilines is 1. The molecule has 0 aliphatic rings. The first-order valence-corrected chi connectivity index (χ1v) is 5.77. The van der Waals surface area contributed by atoms with Gasteiger partial charge in [0.25, 0.3) is 0 Å². The molecule has 1 unspecified atom stereocenters. The molecule has 0 radical (unpaired) electrons. The van der Waals surface area contributed by atoms with Crippen LogP contribution in [0.25, 0.3) is 0 Å². The number of aromatic nitrogens is 4. The standard InChI is InChI=1S/C12H17N5/c1-4-17-8-11(7-15-17)16-10(3)12-9(2)13-5-6-14-12/h5-8,10,16H,4H2,1-3H3. The lowest BCUT2D eigenvalue weighted by atomic mass is 10.2. The van der Waals surface area contributed by atoms with E-state index in [-0.39, 0.29) is 6.04 Å². The summed E-state index contributed by atoms with van der Waals surface area (Å²) in [5.74, 6) is 0. The first-order chi connectivity index (χ1) is 8.20. The summed E-state index contributed by atoms with van der Waals surface area (Å²) in [5.41, 5.74) is 2.93. The fourth-order valence-corrected chi connectivity index (χ4v) is 1.77. The number of nitrogens with zero attached hydrogens (tertiary/aromatic N) is 4. The molecule has 0 saturated carbocycles. The molecule has 2 aromatic heterocycles. The molecule has 90 valence electrons. The van der Waals surface area contributed by atoms with Gasteiger partial charge >= 0.3 is 0 Å². The number of aryl methyl sites for hydroxylation is 2. The zero-order chi connectivity index (χ0) is 12.3. The Labute approximate surface area is 101 Å². The molecule has 2 aromatic rings. The van der Waals surface area contributed by atoms with Gasteiger partial charge in [0.1, 0.15) is 0 Å². The lowest BCUT2D eigenvalue weighted by molar-refractivity contribution is 0.660. The predicted octanol–water partition coefficient (Wildman–Crippen LogP) is 2.17. The molecule has 0 bridgehead atoms. The van der Waals surface area contributed by atoms with Crippen molar-refractivity contribution in [2.75, 3.05) is 5.32 Å². The Morgan fingerprint density at radius 1 is 1.35 bits per heavy atom. The number of hydrogen-bond acceptors (Lipinski definition) is 4. The Bertz CT molecular complexity index is 491. The van der Waals surface area contributed by atoms with Crippen LogP contribution in [0.15, 0.2) is 24.8 Å². The van der Waals surface area contributed by atoms with Crippen LogP contribution in [0.1, 0.15) is 31.3 Å². The average Bonchev–Trinajstić information content (AvgIpc) is 2.77. The highest BCUT2D eigenvalue weighted by atomic mass is 15.3. The van der Waals surface area contributed by atoms with E-state index in [0.29, 0.717) is 0 Å². The van der Waals surface area contributed by atoms with Crippen molar-refractivity contribution in [3.63, 3.8) is 0 Å². The minimum Gasteiger partial charge on any atom is -0.374 e. The fraction of sp³-hybridized carbons (Fsp3) is 0.417. The van der Waals surface area contributed by atoms with Gasteiger partial charge in [0, 0.05) is 25.1 Å². The molecule has 0 amide bonds. The Hall–Kier alpha value is -1.91. The molecule has 0 fully saturated rings. The summed E-state index contributed by atoms with van der Waals surface area (Å²) in [6.45, 7) is 6.98. The molecule has 2 rings (SSSR count). The maximum Gasteiger partial charge on any atom is 0.0835 e. The second-order valence-electron chi connectivity index (χ2n) is 3.98. The molecule has 1 N–H and O–H groups in total. The van der Waals surface area contributed by atoms with E-state index in [1.54, 1.807) is 12.4 Å². The Morgan fingerprint density at radius 2 is 2.12 bits per heavy atom. The number of nitrogens with one attached hydrogen (secondary N) is 1. The summed E-state index contributed by atoms with van der Waals surface area (Å²) in [6.07, 6.45) is 7.24. The van der Waals surface area contributed by atoms with Gasteiger partial charge in [-0.25, -0.2) is 0 Å². The summed E-state index contributed by atoms with van der Waals surface area (Å²) >= 11 is 0. The summed E-state index contributed by atoms with van der Waals surface area (Å²) in [4.78, 5) is 8.59. The smallest absolute Gasteiger partial charge is 0.0835 e. The van der Waals surface area contributed by atoms with Crippen LogP contribution in [-0.4, -0.2) is 19.7 Å². The van der Waals surface area contributed by atoms with Crippen LogP contribution in [0.4, 0.5) is 5.69 Å². The Kier molecular flexibility index (Phi) is 3.37. The highest BCUT2D eigenvalue weighted by Gasteiger charge is 2.10. The highest BCUT2D eigenvalue weighted by molar-refractivity contribution is 5.40. The van der Waals surface area contributed by atoms with Crippen LogP contribution in [0.3, 0.4) is 0 Å². The summed E-state index contributed by atoms with van der Waals surface area (Å²) in [7, 11) is 0. The van der Waals surface area contributed by atoms with Gasteiger partial charge in [-0.05, 0) is 20.8 Å². The van der Waals surface area contributed by atoms with Gasteiger partial charge in [0.15, 0.2) is 0 Å². The lowest BCUT2D eigenvalue weighted by Gasteiger charge is -2.14. The number of rotatable bonds is 4. The predicted molar refractivity (Wildman–Crippen MR) is 66.7 cm³/mol. The van der Waals surface area contributed by atoms with Crippen molar-refractivity contribution in [1.29, 1.82) is 0 Å². The molecule has 0 spiro atoms. The minimum atomic E-state index is 0.123. The van der Waals surface area contributed by atoms with E-state index in [1.807, 2.05) is 24.0 Å². The second-order valence-corrected chi connectivity index (χ2v) is 3.98. The Morgan fingerprint density at radius 3 is 2.76 bits per heavy atom. The normalized spacial score (nSPS) is 12.4. The first-order valence-electron chi connectivity index (χ1n) is 5.77. The quantitative estimate of drug-likeness (QED) is 0.876. The SMILES string of the molecule is CCn1cc(NC(C)c2nccnc2C)cn1. The van der Waals surface area contributed by atoms with Crippen molar-refractivity contribution < 1.29 is 0 Å². The van der Waals surface area contributed by atoms with Crippen LogP contribution in [0.2, 0.25) is 0 Å². The van der Waals surface area contributed by atoms with Gasteiger partial charge in [-0.15, -0.1) is 0 Å². The second kappa shape index (κ2) is 4.95. The zero-order valence-corrected chi connectivity index (χ0v) is 10.4. The van der Waals surface area contributed by atoms with Crippen LogP contribution < -0.4 is 5.32 Å². The summed E-state index contributed by atoms with van der Waals surface area (Å²) in [5, 5.41) is 7.59. The third-order valence-corrected chi connectivity index (χ3v) is 2.67. The van der Waals surface area contributed by atoms with Crippen molar-refractivity contribution in [2.45, 2.75) is 33.4 Å².